The molecule has 1 aliphatic rings. The van der Waals surface area contributed by atoms with Crippen LogP contribution in [0.4, 0.5) is 8.78 Å². The minimum absolute atomic E-state index is 0.0371. The van der Waals surface area contributed by atoms with Gasteiger partial charge in [-0.3, -0.25) is 0 Å². The topological polar surface area (TPSA) is 26.0 Å². The van der Waals surface area contributed by atoms with E-state index in [1.807, 2.05) is 12.1 Å². The second-order valence-corrected chi connectivity index (χ2v) is 5.49. The van der Waals surface area contributed by atoms with E-state index in [-0.39, 0.29) is 24.7 Å². The lowest BCUT2D eigenvalue weighted by Gasteiger charge is -2.21. The van der Waals surface area contributed by atoms with Crippen molar-refractivity contribution in [3.05, 3.63) is 35.4 Å². The first-order valence-corrected chi connectivity index (χ1v) is 6.65. The maximum atomic E-state index is 13.2. The molecule has 0 spiro atoms. The first-order valence-electron chi connectivity index (χ1n) is 6.65. The highest BCUT2D eigenvalue weighted by Crippen LogP contribution is 2.43. The molecule has 0 aromatic heterocycles. The molecule has 3 heteroatoms. The van der Waals surface area contributed by atoms with Gasteiger partial charge in [0.25, 0.3) is 0 Å². The highest BCUT2D eigenvalue weighted by Gasteiger charge is 2.39. The molecular weight excluding hydrogens is 232 g/mol. The van der Waals surface area contributed by atoms with Crippen LogP contribution in [0.3, 0.4) is 0 Å². The molecule has 1 fully saturated rings. The van der Waals surface area contributed by atoms with E-state index in [2.05, 4.69) is 19.1 Å². The predicted molar refractivity (Wildman–Crippen MR) is 69.9 cm³/mol. The van der Waals surface area contributed by atoms with Gasteiger partial charge in [-0.1, -0.05) is 24.3 Å². The number of alkyl halides is 2. The van der Waals surface area contributed by atoms with Gasteiger partial charge in [0.2, 0.25) is 5.92 Å². The summed E-state index contributed by atoms with van der Waals surface area (Å²) in [4.78, 5) is 0. The molecule has 0 radical (unpaired) electrons. The molecule has 0 heterocycles. The van der Waals surface area contributed by atoms with Crippen molar-refractivity contribution in [1.82, 2.24) is 0 Å². The van der Waals surface area contributed by atoms with E-state index < -0.39 is 5.92 Å². The van der Waals surface area contributed by atoms with Crippen molar-refractivity contribution < 1.29 is 8.78 Å². The van der Waals surface area contributed by atoms with Gasteiger partial charge in [0.15, 0.2) is 0 Å². The molecule has 0 aliphatic heterocycles. The second-order valence-electron chi connectivity index (χ2n) is 5.49. The van der Waals surface area contributed by atoms with Crippen LogP contribution in [0.15, 0.2) is 24.3 Å². The third-order valence-corrected chi connectivity index (χ3v) is 4.04. The first-order chi connectivity index (χ1) is 8.52. The van der Waals surface area contributed by atoms with Crippen LogP contribution >= 0.6 is 0 Å². The normalized spacial score (nSPS) is 24.1. The first kappa shape index (κ1) is 13.5. The summed E-state index contributed by atoms with van der Waals surface area (Å²) >= 11 is 0. The van der Waals surface area contributed by atoms with E-state index in [0.717, 1.165) is 6.42 Å². The Morgan fingerprint density at radius 2 is 2.11 bits per heavy atom. The van der Waals surface area contributed by atoms with Crippen LogP contribution in [0.1, 0.15) is 42.7 Å². The Bertz CT molecular complexity index is 403. The Labute approximate surface area is 107 Å². The number of hydrogen-bond acceptors (Lipinski definition) is 1. The van der Waals surface area contributed by atoms with Crippen LogP contribution in [-0.4, -0.2) is 12.5 Å². The average Bonchev–Trinajstić information content (AvgIpc) is 2.67. The van der Waals surface area contributed by atoms with Gasteiger partial charge in [0.05, 0.1) is 0 Å². The molecule has 18 heavy (non-hydrogen) atoms. The number of rotatable bonds is 4. The molecule has 1 aliphatic carbocycles. The number of benzene rings is 1. The Kier molecular flexibility index (Phi) is 4.00. The lowest BCUT2D eigenvalue weighted by Crippen LogP contribution is -2.17. The van der Waals surface area contributed by atoms with Crippen molar-refractivity contribution >= 4 is 0 Å². The summed E-state index contributed by atoms with van der Waals surface area (Å²) in [5.41, 5.74) is 8.26. The molecule has 0 amide bonds. The number of halogens is 2. The summed E-state index contributed by atoms with van der Waals surface area (Å²) in [6, 6.07) is 8.12. The number of aryl methyl sites for hydroxylation is 1. The molecular formula is C15H21F2N. The van der Waals surface area contributed by atoms with E-state index in [0.29, 0.717) is 13.0 Å². The summed E-state index contributed by atoms with van der Waals surface area (Å²) in [6.45, 7) is 2.59. The van der Waals surface area contributed by atoms with Gasteiger partial charge in [0, 0.05) is 12.8 Å². The zero-order chi connectivity index (χ0) is 13.2. The molecule has 2 N–H and O–H groups in total. The zero-order valence-electron chi connectivity index (χ0n) is 10.8. The Morgan fingerprint density at radius 1 is 1.39 bits per heavy atom. The smallest absolute Gasteiger partial charge is 0.248 e. The molecule has 0 bridgehead atoms. The van der Waals surface area contributed by atoms with E-state index in [9.17, 15) is 8.78 Å². The van der Waals surface area contributed by atoms with Crippen LogP contribution < -0.4 is 5.73 Å². The van der Waals surface area contributed by atoms with Crippen LogP contribution in [-0.2, 0) is 0 Å². The zero-order valence-corrected chi connectivity index (χ0v) is 10.8. The van der Waals surface area contributed by atoms with Gasteiger partial charge in [-0.2, -0.15) is 0 Å². The molecule has 1 aromatic carbocycles. The Morgan fingerprint density at radius 3 is 2.67 bits per heavy atom. The SMILES string of the molecule is Cc1ccccc1C(CN)CC1CCC(F)(F)C1. The maximum absolute atomic E-state index is 13.2. The summed E-state index contributed by atoms with van der Waals surface area (Å²) in [5.74, 6) is -2.12. The van der Waals surface area contributed by atoms with E-state index >= 15 is 0 Å². The van der Waals surface area contributed by atoms with Gasteiger partial charge in [-0.15, -0.1) is 0 Å². The fourth-order valence-electron chi connectivity index (χ4n) is 3.04. The van der Waals surface area contributed by atoms with Crippen molar-refractivity contribution in [3.63, 3.8) is 0 Å². The van der Waals surface area contributed by atoms with Crippen LogP contribution in [0.2, 0.25) is 0 Å². The molecule has 2 rings (SSSR count). The third-order valence-electron chi connectivity index (χ3n) is 4.04. The molecule has 1 saturated carbocycles. The third kappa shape index (κ3) is 3.08. The number of hydrogen-bond donors (Lipinski definition) is 1. The lowest BCUT2D eigenvalue weighted by molar-refractivity contribution is 0.00446. The molecule has 2 atom stereocenters. The second kappa shape index (κ2) is 5.35. The average molecular weight is 253 g/mol. The lowest BCUT2D eigenvalue weighted by atomic mass is 9.86. The van der Waals surface area contributed by atoms with Gasteiger partial charge >= 0.3 is 0 Å². The molecule has 2 unspecified atom stereocenters. The van der Waals surface area contributed by atoms with Crippen LogP contribution in [0, 0.1) is 12.8 Å². The minimum Gasteiger partial charge on any atom is -0.330 e. The van der Waals surface area contributed by atoms with Crippen molar-refractivity contribution in [2.24, 2.45) is 11.7 Å². The summed E-state index contributed by atoms with van der Waals surface area (Å²) in [6.07, 6.45) is 1.50. The van der Waals surface area contributed by atoms with Gasteiger partial charge < -0.3 is 5.73 Å². The predicted octanol–water partition coefficient (Wildman–Crippen LogP) is 3.86. The Hall–Kier alpha value is -0.960. The van der Waals surface area contributed by atoms with Gasteiger partial charge in [-0.25, -0.2) is 8.78 Å². The highest BCUT2D eigenvalue weighted by molar-refractivity contribution is 5.29. The standard InChI is InChI=1S/C15H21F2N/c1-11-4-2-3-5-14(11)13(10-18)8-12-6-7-15(16,17)9-12/h2-5,12-13H,6-10,18H2,1H3. The number of nitrogens with two attached hydrogens (primary N) is 1. The monoisotopic (exact) mass is 253 g/mol. The Balaban J connectivity index is 2.05. The van der Waals surface area contributed by atoms with Crippen molar-refractivity contribution in [1.29, 1.82) is 0 Å². The summed E-state index contributed by atoms with van der Waals surface area (Å²) < 4.78 is 26.4. The molecule has 0 saturated heterocycles. The minimum atomic E-state index is -2.45. The fraction of sp³-hybridized carbons (Fsp3) is 0.600. The molecule has 1 nitrogen and oxygen atoms in total. The van der Waals surface area contributed by atoms with Crippen molar-refractivity contribution in [2.45, 2.75) is 44.4 Å². The van der Waals surface area contributed by atoms with Crippen LogP contribution in [0.5, 0.6) is 0 Å². The van der Waals surface area contributed by atoms with Gasteiger partial charge in [-0.05, 0) is 49.3 Å². The fourth-order valence-corrected chi connectivity index (χ4v) is 3.04. The van der Waals surface area contributed by atoms with Crippen molar-refractivity contribution in [3.8, 4) is 0 Å². The van der Waals surface area contributed by atoms with Crippen molar-refractivity contribution in [2.75, 3.05) is 6.54 Å². The largest absolute Gasteiger partial charge is 0.330 e. The van der Waals surface area contributed by atoms with Crippen LogP contribution in [0.25, 0.3) is 0 Å². The maximum Gasteiger partial charge on any atom is 0.248 e. The van der Waals surface area contributed by atoms with E-state index in [1.165, 1.54) is 11.1 Å². The van der Waals surface area contributed by atoms with Gasteiger partial charge in [0.1, 0.15) is 0 Å². The molecule has 1 aromatic rings. The quantitative estimate of drug-likeness (QED) is 0.866. The summed E-state index contributed by atoms with van der Waals surface area (Å²) in [5, 5.41) is 0. The van der Waals surface area contributed by atoms with E-state index in [4.69, 9.17) is 5.73 Å². The van der Waals surface area contributed by atoms with E-state index in [1.54, 1.807) is 0 Å². The molecule has 100 valence electrons. The summed E-state index contributed by atoms with van der Waals surface area (Å²) in [7, 11) is 0. The highest BCUT2D eigenvalue weighted by atomic mass is 19.3.